The van der Waals surface area contributed by atoms with E-state index in [4.69, 9.17) is 5.73 Å². The van der Waals surface area contributed by atoms with Crippen LogP contribution in [0.2, 0.25) is 0 Å². The predicted molar refractivity (Wildman–Crippen MR) is 64.6 cm³/mol. The van der Waals surface area contributed by atoms with Gasteiger partial charge >= 0.3 is 0 Å². The van der Waals surface area contributed by atoms with Crippen LogP contribution in [0, 0.1) is 0 Å². The molecule has 0 radical (unpaired) electrons. The molecule has 1 aromatic heterocycles. The Bertz CT molecular complexity index is 358. The van der Waals surface area contributed by atoms with E-state index in [1.165, 1.54) is 24.2 Å². The van der Waals surface area contributed by atoms with Crippen molar-refractivity contribution in [2.75, 3.05) is 6.54 Å². The van der Waals surface area contributed by atoms with Gasteiger partial charge in [-0.2, -0.15) is 0 Å². The topological polar surface area (TPSA) is 68.0 Å². The molecule has 1 aliphatic carbocycles. The zero-order chi connectivity index (χ0) is 11.4. The van der Waals surface area contributed by atoms with Gasteiger partial charge in [0, 0.05) is 17.8 Å². The van der Waals surface area contributed by atoms with E-state index in [9.17, 15) is 4.79 Å². The van der Waals surface area contributed by atoms with E-state index in [1.807, 2.05) is 5.38 Å². The van der Waals surface area contributed by atoms with E-state index in [1.54, 1.807) is 0 Å². The molecule has 1 amide bonds. The van der Waals surface area contributed by atoms with Gasteiger partial charge in [0.05, 0.1) is 5.01 Å². The average Bonchev–Trinajstić information content (AvgIpc) is 2.89. The fourth-order valence-electron chi connectivity index (χ4n) is 1.98. The number of nitrogens with two attached hydrogens (primary N) is 1. The van der Waals surface area contributed by atoms with Crippen molar-refractivity contribution in [2.45, 2.75) is 38.1 Å². The highest BCUT2D eigenvalue weighted by Gasteiger charge is 2.19. The molecule has 4 nitrogen and oxygen atoms in total. The van der Waals surface area contributed by atoms with Crippen LogP contribution in [-0.2, 0) is 6.42 Å². The molecule has 0 bridgehead atoms. The molecule has 1 aliphatic rings. The lowest BCUT2D eigenvalue weighted by Gasteiger charge is -2.09. The second-order valence-corrected chi connectivity index (χ2v) is 5.06. The van der Waals surface area contributed by atoms with Gasteiger partial charge in [0.1, 0.15) is 5.69 Å². The Morgan fingerprint density at radius 2 is 2.31 bits per heavy atom. The van der Waals surface area contributed by atoms with Crippen LogP contribution in [0.4, 0.5) is 0 Å². The maximum absolute atomic E-state index is 11.8. The lowest BCUT2D eigenvalue weighted by atomic mass is 10.2. The summed E-state index contributed by atoms with van der Waals surface area (Å²) in [5.41, 5.74) is 5.99. The van der Waals surface area contributed by atoms with Crippen LogP contribution >= 0.6 is 11.3 Å². The minimum Gasteiger partial charge on any atom is -0.348 e. The van der Waals surface area contributed by atoms with E-state index in [0.29, 0.717) is 18.3 Å². The first-order valence-corrected chi connectivity index (χ1v) is 6.63. The lowest BCUT2D eigenvalue weighted by Crippen LogP contribution is -2.32. The molecule has 1 fully saturated rings. The predicted octanol–water partition coefficient (Wildman–Crippen LogP) is 1.32. The van der Waals surface area contributed by atoms with Crippen molar-refractivity contribution in [3.8, 4) is 0 Å². The number of hydrogen-bond acceptors (Lipinski definition) is 4. The third-order valence-electron chi connectivity index (χ3n) is 2.83. The largest absolute Gasteiger partial charge is 0.348 e. The van der Waals surface area contributed by atoms with Gasteiger partial charge in [-0.05, 0) is 19.4 Å². The van der Waals surface area contributed by atoms with E-state index >= 15 is 0 Å². The molecule has 0 aliphatic heterocycles. The summed E-state index contributed by atoms with van der Waals surface area (Å²) in [6.45, 7) is 0.581. The molecule has 1 heterocycles. The summed E-state index contributed by atoms with van der Waals surface area (Å²) in [4.78, 5) is 16.1. The summed E-state index contributed by atoms with van der Waals surface area (Å²) in [6, 6.07) is 0.354. The molecule has 16 heavy (non-hydrogen) atoms. The lowest BCUT2D eigenvalue weighted by molar-refractivity contribution is 0.0933. The summed E-state index contributed by atoms with van der Waals surface area (Å²) >= 11 is 1.51. The SMILES string of the molecule is NCCc1nc(C(=O)NC2CCCC2)cs1. The first-order chi connectivity index (χ1) is 7.79. The maximum atomic E-state index is 11.8. The van der Waals surface area contributed by atoms with Crippen molar-refractivity contribution >= 4 is 17.2 Å². The van der Waals surface area contributed by atoms with Crippen LogP contribution in [-0.4, -0.2) is 23.5 Å². The van der Waals surface area contributed by atoms with Crippen LogP contribution < -0.4 is 11.1 Å². The number of nitrogens with zero attached hydrogens (tertiary/aromatic N) is 1. The van der Waals surface area contributed by atoms with Gasteiger partial charge in [-0.3, -0.25) is 4.79 Å². The van der Waals surface area contributed by atoms with Crippen LogP contribution in [0.5, 0.6) is 0 Å². The Morgan fingerprint density at radius 3 is 3.00 bits per heavy atom. The highest BCUT2D eigenvalue weighted by Crippen LogP contribution is 2.18. The molecule has 0 aromatic carbocycles. The number of amides is 1. The van der Waals surface area contributed by atoms with Gasteiger partial charge in [0.25, 0.3) is 5.91 Å². The number of hydrogen-bond donors (Lipinski definition) is 2. The molecular weight excluding hydrogens is 222 g/mol. The van der Waals surface area contributed by atoms with Gasteiger partial charge in [-0.1, -0.05) is 12.8 Å². The fourth-order valence-corrected chi connectivity index (χ4v) is 2.78. The molecule has 0 saturated heterocycles. The van der Waals surface area contributed by atoms with E-state index in [-0.39, 0.29) is 5.91 Å². The minimum atomic E-state index is -0.0357. The molecule has 2 rings (SSSR count). The van der Waals surface area contributed by atoms with Gasteiger partial charge in [-0.25, -0.2) is 4.98 Å². The number of thiazole rings is 1. The number of carbonyl (C=O) groups is 1. The molecular formula is C11H17N3OS. The third kappa shape index (κ3) is 2.80. The summed E-state index contributed by atoms with van der Waals surface area (Å²) in [5.74, 6) is -0.0357. The Morgan fingerprint density at radius 1 is 1.56 bits per heavy atom. The van der Waals surface area contributed by atoms with Crippen molar-refractivity contribution in [1.82, 2.24) is 10.3 Å². The molecule has 88 valence electrons. The van der Waals surface area contributed by atoms with Crippen LogP contribution in [0.25, 0.3) is 0 Å². The van der Waals surface area contributed by atoms with E-state index < -0.39 is 0 Å². The van der Waals surface area contributed by atoms with Crippen LogP contribution in [0.15, 0.2) is 5.38 Å². The van der Waals surface area contributed by atoms with Gasteiger partial charge in [-0.15, -0.1) is 11.3 Å². The first-order valence-electron chi connectivity index (χ1n) is 5.75. The monoisotopic (exact) mass is 239 g/mol. The number of carbonyl (C=O) groups excluding carboxylic acids is 1. The van der Waals surface area contributed by atoms with Crippen LogP contribution in [0.3, 0.4) is 0 Å². The molecule has 1 aromatic rings. The maximum Gasteiger partial charge on any atom is 0.270 e. The molecule has 0 spiro atoms. The first kappa shape index (κ1) is 11.5. The average molecular weight is 239 g/mol. The number of nitrogens with one attached hydrogen (secondary N) is 1. The summed E-state index contributed by atoms with van der Waals surface area (Å²) in [5, 5.41) is 5.78. The zero-order valence-electron chi connectivity index (χ0n) is 9.24. The van der Waals surface area contributed by atoms with Gasteiger partial charge < -0.3 is 11.1 Å². The Labute approximate surface area is 99.3 Å². The molecule has 5 heteroatoms. The molecule has 0 atom stereocenters. The van der Waals surface area contributed by atoms with Crippen molar-refractivity contribution in [3.05, 3.63) is 16.1 Å². The zero-order valence-corrected chi connectivity index (χ0v) is 10.1. The second-order valence-electron chi connectivity index (χ2n) is 4.12. The van der Waals surface area contributed by atoms with E-state index in [2.05, 4.69) is 10.3 Å². The van der Waals surface area contributed by atoms with Crippen molar-refractivity contribution < 1.29 is 4.79 Å². The highest BCUT2D eigenvalue weighted by molar-refractivity contribution is 7.09. The van der Waals surface area contributed by atoms with Crippen molar-refractivity contribution in [2.24, 2.45) is 5.73 Å². The summed E-state index contributed by atoms with van der Waals surface area (Å²) < 4.78 is 0. The molecule has 1 saturated carbocycles. The third-order valence-corrected chi connectivity index (χ3v) is 3.74. The Hall–Kier alpha value is -0.940. The summed E-state index contributed by atoms with van der Waals surface area (Å²) in [6.07, 6.45) is 5.40. The smallest absolute Gasteiger partial charge is 0.270 e. The summed E-state index contributed by atoms with van der Waals surface area (Å²) in [7, 11) is 0. The normalized spacial score (nSPS) is 16.6. The molecule has 0 unspecified atom stereocenters. The number of aromatic nitrogens is 1. The Balaban J connectivity index is 1.91. The number of rotatable bonds is 4. The van der Waals surface area contributed by atoms with Gasteiger partial charge in [0.2, 0.25) is 0 Å². The standard InChI is InChI=1S/C11H17N3OS/c12-6-5-10-14-9(7-16-10)11(15)13-8-3-1-2-4-8/h7-8H,1-6,12H2,(H,13,15). The van der Waals surface area contributed by atoms with Crippen LogP contribution in [0.1, 0.15) is 41.2 Å². The minimum absolute atomic E-state index is 0.0357. The molecule has 3 N–H and O–H groups in total. The Kier molecular flexibility index (Phi) is 3.90. The van der Waals surface area contributed by atoms with Crippen molar-refractivity contribution in [1.29, 1.82) is 0 Å². The second kappa shape index (κ2) is 5.41. The quantitative estimate of drug-likeness (QED) is 0.832. The highest BCUT2D eigenvalue weighted by atomic mass is 32.1. The van der Waals surface area contributed by atoms with E-state index in [0.717, 1.165) is 24.3 Å². The van der Waals surface area contributed by atoms with Crippen molar-refractivity contribution in [3.63, 3.8) is 0 Å². The fraction of sp³-hybridized carbons (Fsp3) is 0.636. The van der Waals surface area contributed by atoms with Gasteiger partial charge in [0.15, 0.2) is 0 Å².